The molecule has 0 aromatic rings. The zero-order valence-corrected chi connectivity index (χ0v) is 20.3. The Hall–Kier alpha value is -1.88. The molecule has 0 unspecified atom stereocenters. The molecule has 0 spiro atoms. The van der Waals surface area contributed by atoms with E-state index < -0.39 is 11.5 Å². The lowest BCUT2D eigenvalue weighted by atomic mass is 9.65. The normalized spacial score (nSPS) is 35.2. The highest BCUT2D eigenvalue weighted by Crippen LogP contribution is 2.46. The molecule has 0 aromatic carbocycles. The predicted octanol–water partition coefficient (Wildman–Crippen LogP) is 5.14. The second-order valence-corrected chi connectivity index (χ2v) is 10.5. The fourth-order valence-corrected chi connectivity index (χ4v) is 5.28. The first kappa shape index (κ1) is 24.8. The van der Waals surface area contributed by atoms with E-state index in [9.17, 15) is 14.7 Å². The number of fused-ring (bicyclic) bond motifs is 1. The number of rotatable bonds is 7. The van der Waals surface area contributed by atoms with E-state index >= 15 is 0 Å². The van der Waals surface area contributed by atoms with Crippen molar-refractivity contribution in [2.24, 2.45) is 29.1 Å². The first-order valence-electron chi connectivity index (χ1n) is 12.3. The molecule has 5 heteroatoms. The summed E-state index contributed by atoms with van der Waals surface area (Å²) in [6, 6.07) is 0. The topological polar surface area (TPSA) is 72.8 Å². The van der Waals surface area contributed by atoms with Crippen molar-refractivity contribution in [1.82, 2.24) is 0 Å². The van der Waals surface area contributed by atoms with Crippen LogP contribution in [-0.2, 0) is 19.1 Å². The van der Waals surface area contributed by atoms with E-state index in [1.54, 1.807) is 0 Å². The Balaban J connectivity index is 1.82. The van der Waals surface area contributed by atoms with Crippen molar-refractivity contribution < 1.29 is 24.2 Å². The van der Waals surface area contributed by atoms with Crippen molar-refractivity contribution in [2.45, 2.75) is 91.5 Å². The molecule has 3 rings (SSSR count). The molecule has 5 nitrogen and oxygen atoms in total. The van der Waals surface area contributed by atoms with Gasteiger partial charge in [-0.05, 0) is 69.8 Å². The maximum absolute atomic E-state index is 13.0. The lowest BCUT2D eigenvalue weighted by Gasteiger charge is -2.44. The predicted molar refractivity (Wildman–Crippen MR) is 125 cm³/mol. The number of aliphatic hydroxyl groups is 1. The number of hydrogen-bond acceptors (Lipinski definition) is 5. The van der Waals surface area contributed by atoms with Crippen molar-refractivity contribution in [3.05, 3.63) is 36.0 Å². The van der Waals surface area contributed by atoms with Gasteiger partial charge in [-0.25, -0.2) is 0 Å². The molecule has 0 saturated carbocycles. The van der Waals surface area contributed by atoms with Crippen LogP contribution in [0.1, 0.15) is 73.1 Å². The summed E-state index contributed by atoms with van der Waals surface area (Å²) < 4.78 is 11.7. The summed E-state index contributed by atoms with van der Waals surface area (Å²) in [5.41, 5.74) is 0.741. The van der Waals surface area contributed by atoms with Crippen molar-refractivity contribution in [2.75, 3.05) is 0 Å². The quantitative estimate of drug-likeness (QED) is 0.435. The zero-order valence-electron chi connectivity index (χ0n) is 20.3. The van der Waals surface area contributed by atoms with Crippen LogP contribution < -0.4 is 0 Å². The van der Waals surface area contributed by atoms with E-state index in [1.807, 2.05) is 27.7 Å². The number of esters is 2. The van der Waals surface area contributed by atoms with Crippen molar-refractivity contribution in [3.63, 3.8) is 0 Å². The van der Waals surface area contributed by atoms with Gasteiger partial charge in [0.15, 0.2) is 0 Å². The molecule has 1 saturated heterocycles. The highest BCUT2D eigenvalue weighted by molar-refractivity contribution is 5.76. The third kappa shape index (κ3) is 5.72. The van der Waals surface area contributed by atoms with Gasteiger partial charge in [0.2, 0.25) is 0 Å². The molecule has 0 amide bonds. The van der Waals surface area contributed by atoms with Crippen LogP contribution in [0.15, 0.2) is 36.0 Å². The van der Waals surface area contributed by atoms with Gasteiger partial charge in [0.25, 0.3) is 0 Å². The Kier molecular flexibility index (Phi) is 8.02. The van der Waals surface area contributed by atoms with Gasteiger partial charge in [-0.2, -0.15) is 0 Å². The van der Waals surface area contributed by atoms with E-state index in [0.29, 0.717) is 12.3 Å². The largest absolute Gasteiger partial charge is 0.462 e. The molecule has 1 heterocycles. The highest BCUT2D eigenvalue weighted by atomic mass is 16.6. The minimum atomic E-state index is -0.610. The molecule has 178 valence electrons. The van der Waals surface area contributed by atoms with Gasteiger partial charge in [-0.1, -0.05) is 44.2 Å². The van der Waals surface area contributed by atoms with Gasteiger partial charge < -0.3 is 14.6 Å². The summed E-state index contributed by atoms with van der Waals surface area (Å²) in [4.78, 5) is 24.8. The molecule has 0 aromatic heterocycles. The number of cyclic esters (lactones) is 1. The third-order valence-electron chi connectivity index (χ3n) is 7.62. The van der Waals surface area contributed by atoms with Crippen molar-refractivity contribution in [1.29, 1.82) is 0 Å². The number of ether oxygens (including phenoxy) is 2. The maximum Gasteiger partial charge on any atom is 0.311 e. The summed E-state index contributed by atoms with van der Waals surface area (Å²) in [6.07, 6.45) is 13.7. The fourth-order valence-electron chi connectivity index (χ4n) is 5.28. The molecule has 32 heavy (non-hydrogen) atoms. The Bertz CT molecular complexity index is 777. The maximum atomic E-state index is 13.0. The van der Waals surface area contributed by atoms with Crippen LogP contribution in [0.25, 0.3) is 0 Å². The Morgan fingerprint density at radius 2 is 2.06 bits per heavy atom. The van der Waals surface area contributed by atoms with Crippen LogP contribution in [0.4, 0.5) is 0 Å². The van der Waals surface area contributed by atoms with Gasteiger partial charge in [-0.15, -0.1) is 0 Å². The fraction of sp³-hybridized carbons (Fsp3) is 0.704. The van der Waals surface area contributed by atoms with Crippen molar-refractivity contribution >= 4 is 11.9 Å². The third-order valence-corrected chi connectivity index (χ3v) is 7.62. The molecule has 3 aliphatic rings. The molecule has 1 aliphatic heterocycles. The van der Waals surface area contributed by atoms with E-state index in [2.05, 4.69) is 37.3 Å². The summed E-state index contributed by atoms with van der Waals surface area (Å²) in [6.45, 7) is 10.1. The van der Waals surface area contributed by atoms with E-state index in [0.717, 1.165) is 25.7 Å². The zero-order chi connectivity index (χ0) is 23.5. The number of carbonyl (C=O) groups excluding carboxylic acids is 2. The highest BCUT2D eigenvalue weighted by Gasteiger charge is 2.43. The average Bonchev–Trinajstić information content (AvgIpc) is 2.72. The van der Waals surface area contributed by atoms with E-state index in [-0.39, 0.29) is 48.3 Å². The summed E-state index contributed by atoms with van der Waals surface area (Å²) >= 11 is 0. The van der Waals surface area contributed by atoms with Crippen LogP contribution in [0, 0.1) is 29.1 Å². The molecular formula is C27H40O5. The Morgan fingerprint density at radius 3 is 2.72 bits per heavy atom. The number of hydrogen-bond donors (Lipinski definition) is 1. The van der Waals surface area contributed by atoms with Gasteiger partial charge in [0.1, 0.15) is 12.2 Å². The van der Waals surface area contributed by atoms with Gasteiger partial charge in [-0.3, -0.25) is 9.59 Å². The SMILES string of the molecule is CC=C[C@H]1C=C2C=C[C@H](C)[C@H](CC[C@@H]3C[C@@H](O)CC(=O)O3)[C@H]2[C@@H](OC(=O)C(C)(C)CC)C1. The molecule has 0 bridgehead atoms. The summed E-state index contributed by atoms with van der Waals surface area (Å²) in [7, 11) is 0. The molecule has 1 fully saturated rings. The minimum absolute atomic E-state index is 0.0894. The molecule has 1 N–H and O–H groups in total. The number of carbonyl (C=O) groups is 2. The molecule has 7 atom stereocenters. The van der Waals surface area contributed by atoms with Gasteiger partial charge in [0.05, 0.1) is 17.9 Å². The van der Waals surface area contributed by atoms with Crippen LogP contribution in [-0.4, -0.2) is 35.4 Å². The number of aliphatic hydroxyl groups excluding tert-OH is 1. The second kappa shape index (κ2) is 10.4. The lowest BCUT2D eigenvalue weighted by molar-refractivity contribution is -0.165. The van der Waals surface area contributed by atoms with Crippen LogP contribution in [0.2, 0.25) is 0 Å². The Morgan fingerprint density at radius 1 is 1.31 bits per heavy atom. The van der Waals surface area contributed by atoms with Gasteiger partial charge in [0, 0.05) is 12.3 Å². The smallest absolute Gasteiger partial charge is 0.311 e. The van der Waals surface area contributed by atoms with Gasteiger partial charge >= 0.3 is 11.9 Å². The van der Waals surface area contributed by atoms with E-state index in [1.165, 1.54) is 5.57 Å². The average molecular weight is 445 g/mol. The summed E-state index contributed by atoms with van der Waals surface area (Å²) in [5, 5.41) is 9.96. The molecule has 0 radical (unpaired) electrons. The Labute approximate surface area is 192 Å². The van der Waals surface area contributed by atoms with Crippen LogP contribution >= 0.6 is 0 Å². The van der Waals surface area contributed by atoms with Crippen LogP contribution in [0.5, 0.6) is 0 Å². The lowest BCUT2D eigenvalue weighted by Crippen LogP contribution is -2.43. The number of allylic oxidation sites excluding steroid dienone is 5. The monoisotopic (exact) mass is 444 g/mol. The molecule has 2 aliphatic carbocycles. The standard InChI is InChI=1S/C27H40O5/c1-6-8-18-13-19-10-9-17(3)22(12-11-21-15-20(28)16-24(29)31-21)25(19)23(14-18)32-26(30)27(4,5)7-2/h6,8-10,13,17-18,20-23,25,28H,7,11-12,14-16H2,1-5H3/t17-,18-,20+,21+,22-,23-,25-/m0/s1. The second-order valence-electron chi connectivity index (χ2n) is 10.5. The molecular weight excluding hydrogens is 404 g/mol. The first-order chi connectivity index (χ1) is 15.1. The summed E-state index contributed by atoms with van der Waals surface area (Å²) in [5.74, 6) is 0.569. The van der Waals surface area contributed by atoms with Crippen LogP contribution in [0.3, 0.4) is 0 Å². The first-order valence-corrected chi connectivity index (χ1v) is 12.3. The van der Waals surface area contributed by atoms with E-state index in [4.69, 9.17) is 9.47 Å². The van der Waals surface area contributed by atoms with Crippen molar-refractivity contribution in [3.8, 4) is 0 Å². The minimum Gasteiger partial charge on any atom is -0.462 e.